The van der Waals surface area contributed by atoms with Crippen LogP contribution in [0.1, 0.15) is 84.4 Å². The van der Waals surface area contributed by atoms with E-state index in [1.807, 2.05) is 18.5 Å². The minimum atomic E-state index is -0.212. The van der Waals surface area contributed by atoms with Crippen LogP contribution in [0.4, 0.5) is 0 Å². The van der Waals surface area contributed by atoms with E-state index in [4.69, 9.17) is 4.98 Å². The van der Waals surface area contributed by atoms with E-state index >= 15 is 0 Å². The van der Waals surface area contributed by atoms with Crippen molar-refractivity contribution in [1.82, 2.24) is 15.0 Å². The summed E-state index contributed by atoms with van der Waals surface area (Å²) in [4.78, 5) is 13.5. The lowest BCUT2D eigenvalue weighted by atomic mass is 9.43. The largest absolute Gasteiger partial charge is 0.393 e. The molecule has 2 aromatic rings. The first-order valence-corrected chi connectivity index (χ1v) is 14.2. The van der Waals surface area contributed by atoms with Crippen LogP contribution in [0.5, 0.6) is 0 Å². The fraction of sp³-hybridized carbons (Fsp3) is 0.767. The summed E-state index contributed by atoms with van der Waals surface area (Å²) in [5, 5.41) is 23.1. The second kappa shape index (κ2) is 8.76. The number of aliphatic hydroxyl groups is 2. The number of fused-ring (bicyclic) bond motifs is 6. The molecule has 4 fully saturated rings. The Morgan fingerprint density at radius 3 is 2.74 bits per heavy atom. The Hall–Kier alpha value is -1.59. The first-order chi connectivity index (χ1) is 16.8. The first-order valence-electron chi connectivity index (χ1n) is 14.2. The van der Waals surface area contributed by atoms with Crippen LogP contribution in [0.3, 0.4) is 0 Å². The van der Waals surface area contributed by atoms with Crippen molar-refractivity contribution >= 4 is 10.9 Å². The van der Waals surface area contributed by atoms with E-state index in [1.54, 1.807) is 6.20 Å². The van der Waals surface area contributed by atoms with Crippen LogP contribution in [-0.4, -0.2) is 37.4 Å². The van der Waals surface area contributed by atoms with Gasteiger partial charge in [0.15, 0.2) is 0 Å². The average Bonchev–Trinajstić information content (AvgIpc) is 3.22. The maximum Gasteiger partial charge on any atom is 0.128 e. The lowest BCUT2D eigenvalue weighted by Gasteiger charge is -2.62. The molecule has 1 unspecified atom stereocenters. The van der Waals surface area contributed by atoms with Gasteiger partial charge in [0.1, 0.15) is 5.82 Å². The lowest BCUT2D eigenvalue weighted by Crippen LogP contribution is -2.58. The summed E-state index contributed by atoms with van der Waals surface area (Å²) in [5.74, 6) is 4.67. The van der Waals surface area contributed by atoms with Gasteiger partial charge in [-0.2, -0.15) is 0 Å². The lowest BCUT2D eigenvalue weighted by molar-refractivity contribution is -0.174. The number of nitrogens with zero attached hydrogens (tertiary/aromatic N) is 3. The molecule has 10 atom stereocenters. The smallest absolute Gasteiger partial charge is 0.128 e. The summed E-state index contributed by atoms with van der Waals surface area (Å²) in [5.41, 5.74) is 1.30. The molecule has 5 heteroatoms. The predicted molar refractivity (Wildman–Crippen MR) is 137 cm³/mol. The Balaban J connectivity index is 1.18. The van der Waals surface area contributed by atoms with Gasteiger partial charge in [-0.25, -0.2) is 9.97 Å². The van der Waals surface area contributed by atoms with Crippen molar-refractivity contribution < 1.29 is 10.2 Å². The minimum absolute atomic E-state index is 0.0217. The molecule has 5 nitrogen and oxygen atoms in total. The summed E-state index contributed by atoms with van der Waals surface area (Å²) in [6.07, 6.45) is 16.3. The maximum absolute atomic E-state index is 11.8. The number of aliphatic hydroxyl groups excluding tert-OH is 2. The van der Waals surface area contributed by atoms with E-state index in [9.17, 15) is 10.2 Å². The monoisotopic (exact) mass is 477 g/mol. The van der Waals surface area contributed by atoms with Crippen molar-refractivity contribution in [2.75, 3.05) is 0 Å². The van der Waals surface area contributed by atoms with Crippen LogP contribution < -0.4 is 0 Å². The van der Waals surface area contributed by atoms with Crippen molar-refractivity contribution in [3.05, 3.63) is 30.5 Å². The second-order valence-electron chi connectivity index (χ2n) is 13.1. The minimum Gasteiger partial charge on any atom is -0.393 e. The van der Waals surface area contributed by atoms with Crippen LogP contribution in [0.2, 0.25) is 0 Å². The van der Waals surface area contributed by atoms with E-state index < -0.39 is 0 Å². The molecule has 0 aromatic carbocycles. The molecule has 0 spiro atoms. The number of hydrogen-bond acceptors (Lipinski definition) is 5. The highest BCUT2D eigenvalue weighted by atomic mass is 16.3. The number of aromatic nitrogens is 3. The van der Waals surface area contributed by atoms with Crippen LogP contribution in [0.15, 0.2) is 24.7 Å². The molecular weight excluding hydrogens is 434 g/mol. The van der Waals surface area contributed by atoms with Gasteiger partial charge in [0.25, 0.3) is 0 Å². The van der Waals surface area contributed by atoms with Gasteiger partial charge >= 0.3 is 0 Å². The molecule has 0 saturated heterocycles. The fourth-order valence-electron chi connectivity index (χ4n) is 9.75. The fourth-order valence-corrected chi connectivity index (χ4v) is 9.75. The maximum atomic E-state index is 11.8. The molecule has 0 amide bonds. The van der Waals surface area contributed by atoms with Gasteiger partial charge in [-0.3, -0.25) is 4.98 Å². The SMILES string of the molecule is C[C@H](CCc1ncc2cnccc2n1)[C@H]1CC[C@H]2[C@@H]3CC[C@@H]4C[C@H](O)CC[C@]4(C)C3C[C@H](O)[C@]12C. The Kier molecular flexibility index (Phi) is 5.95. The molecule has 35 heavy (non-hydrogen) atoms. The van der Waals surface area contributed by atoms with Crippen molar-refractivity contribution in [2.45, 2.75) is 97.2 Å². The van der Waals surface area contributed by atoms with Crippen LogP contribution in [0.25, 0.3) is 10.9 Å². The molecule has 0 aliphatic heterocycles. The summed E-state index contributed by atoms with van der Waals surface area (Å²) < 4.78 is 0. The quantitative estimate of drug-likeness (QED) is 0.601. The standard InChI is InChI=1S/C30H43N3O2/c1-18(4-9-28-32-17-19-16-31-13-11-26(19)33-28)23-7-8-24-22-6-5-20-14-21(34)10-12-29(20,2)25(22)15-27(35)30(23,24)3/h11,13,16-18,20-25,27,34-35H,4-10,12,14-15H2,1-3H3/t18-,20-,21-,22+,23-,24+,25?,27+,29+,30-/m1/s1. The molecule has 2 heterocycles. The van der Waals surface area contributed by atoms with Gasteiger partial charge in [-0.05, 0) is 110 Å². The first kappa shape index (κ1) is 23.8. The predicted octanol–water partition coefficient (Wildman–Crippen LogP) is 5.58. The van der Waals surface area contributed by atoms with Crippen LogP contribution in [-0.2, 0) is 6.42 Å². The summed E-state index contributed by atoms with van der Waals surface area (Å²) in [6, 6.07) is 1.96. The van der Waals surface area contributed by atoms with Crippen molar-refractivity contribution in [3.8, 4) is 0 Å². The average molecular weight is 478 g/mol. The summed E-state index contributed by atoms with van der Waals surface area (Å²) in [6.45, 7) is 7.35. The van der Waals surface area contributed by atoms with Crippen molar-refractivity contribution in [3.63, 3.8) is 0 Å². The van der Waals surface area contributed by atoms with Gasteiger partial charge < -0.3 is 10.2 Å². The van der Waals surface area contributed by atoms with Gasteiger partial charge in [-0.1, -0.05) is 20.8 Å². The Labute approximate surface area is 210 Å². The molecule has 4 aliphatic rings. The third-order valence-electron chi connectivity index (χ3n) is 11.8. The normalized spacial score (nSPS) is 43.9. The molecule has 4 aliphatic carbocycles. The van der Waals surface area contributed by atoms with E-state index in [1.165, 1.54) is 25.7 Å². The van der Waals surface area contributed by atoms with E-state index in [0.29, 0.717) is 35.0 Å². The van der Waals surface area contributed by atoms with E-state index in [-0.39, 0.29) is 17.6 Å². The number of hydrogen-bond donors (Lipinski definition) is 2. The Bertz CT molecular complexity index is 1080. The highest BCUT2D eigenvalue weighted by Gasteiger charge is 2.63. The van der Waals surface area contributed by atoms with Crippen molar-refractivity contribution in [2.24, 2.45) is 46.3 Å². The zero-order chi connectivity index (χ0) is 24.4. The topological polar surface area (TPSA) is 79.1 Å². The Morgan fingerprint density at radius 2 is 1.89 bits per heavy atom. The number of pyridine rings is 1. The van der Waals surface area contributed by atoms with E-state index in [0.717, 1.165) is 61.2 Å². The van der Waals surface area contributed by atoms with Crippen LogP contribution in [0, 0.1) is 46.3 Å². The van der Waals surface area contributed by atoms with E-state index in [2.05, 4.69) is 30.7 Å². The zero-order valence-electron chi connectivity index (χ0n) is 21.7. The van der Waals surface area contributed by atoms with Gasteiger partial charge in [-0.15, -0.1) is 0 Å². The van der Waals surface area contributed by atoms with Crippen LogP contribution >= 0.6 is 0 Å². The van der Waals surface area contributed by atoms with Gasteiger partial charge in [0.05, 0.1) is 17.7 Å². The number of rotatable bonds is 4. The summed E-state index contributed by atoms with van der Waals surface area (Å²) in [7, 11) is 0. The molecule has 4 saturated carbocycles. The molecule has 6 rings (SSSR count). The molecule has 190 valence electrons. The Morgan fingerprint density at radius 1 is 1.03 bits per heavy atom. The molecule has 0 bridgehead atoms. The number of aryl methyl sites for hydroxylation is 1. The van der Waals surface area contributed by atoms with Crippen molar-refractivity contribution in [1.29, 1.82) is 0 Å². The molecule has 2 N–H and O–H groups in total. The third-order valence-corrected chi connectivity index (χ3v) is 11.8. The summed E-state index contributed by atoms with van der Waals surface area (Å²) >= 11 is 0. The zero-order valence-corrected chi connectivity index (χ0v) is 21.7. The highest BCUT2D eigenvalue weighted by molar-refractivity contribution is 5.75. The third kappa shape index (κ3) is 3.75. The second-order valence-corrected chi connectivity index (χ2v) is 13.1. The van der Waals surface area contributed by atoms with Gasteiger partial charge in [0.2, 0.25) is 0 Å². The molecule has 2 aromatic heterocycles. The highest BCUT2D eigenvalue weighted by Crippen LogP contribution is 2.68. The molecule has 0 radical (unpaired) electrons. The molecular formula is C30H43N3O2. The van der Waals surface area contributed by atoms with Gasteiger partial charge in [0, 0.05) is 30.4 Å².